The topological polar surface area (TPSA) is 49.9 Å². The van der Waals surface area contributed by atoms with E-state index < -0.39 is 0 Å². The van der Waals surface area contributed by atoms with Crippen molar-refractivity contribution in [2.75, 3.05) is 0 Å². The highest BCUT2D eigenvalue weighted by molar-refractivity contribution is 6.17. The van der Waals surface area contributed by atoms with Crippen LogP contribution in [-0.4, -0.2) is 11.7 Å². The SMILES string of the molecule is CC1(C)c2ccccc2-c2c(C3=NC(c4cccc(-c5ccccc5)c4)NC(c4cccc(-c5ccccc5)c4)=N3)ccc(-c3cccc4c3oc3ccccc34)c21. The molecule has 0 saturated carbocycles. The van der Waals surface area contributed by atoms with Crippen LogP contribution in [0.25, 0.3) is 66.4 Å². The predicted molar refractivity (Wildman–Crippen MR) is 239 cm³/mol. The fraction of sp³-hybridized carbons (Fsp3) is 0.0741. The molecule has 1 N–H and O–H groups in total. The summed E-state index contributed by atoms with van der Waals surface area (Å²) in [6.45, 7) is 4.69. The lowest BCUT2D eigenvalue weighted by Gasteiger charge is -2.27. The highest BCUT2D eigenvalue weighted by atomic mass is 16.3. The summed E-state index contributed by atoms with van der Waals surface area (Å²) in [6, 6.07) is 66.5. The molecule has 9 aromatic rings. The van der Waals surface area contributed by atoms with Crippen LogP contribution < -0.4 is 5.32 Å². The Labute approximate surface area is 337 Å². The summed E-state index contributed by atoms with van der Waals surface area (Å²) in [5.74, 6) is 1.49. The minimum Gasteiger partial charge on any atom is -0.455 e. The average Bonchev–Trinajstić information content (AvgIpc) is 3.79. The van der Waals surface area contributed by atoms with Gasteiger partial charge in [0.1, 0.15) is 23.2 Å². The summed E-state index contributed by atoms with van der Waals surface area (Å²) >= 11 is 0. The van der Waals surface area contributed by atoms with Crippen LogP contribution in [0.2, 0.25) is 0 Å². The zero-order chi connectivity index (χ0) is 38.8. The molecule has 0 saturated heterocycles. The Hall–Kier alpha value is -7.30. The minimum absolute atomic E-state index is 0.307. The third-order valence-electron chi connectivity index (χ3n) is 11.9. The number of rotatable bonds is 6. The summed E-state index contributed by atoms with van der Waals surface area (Å²) in [6.07, 6.45) is -0.379. The number of furan rings is 1. The Morgan fingerprint density at radius 2 is 1.10 bits per heavy atom. The van der Waals surface area contributed by atoms with Crippen LogP contribution in [-0.2, 0) is 5.41 Å². The molecule has 0 fully saturated rings. The molecule has 58 heavy (non-hydrogen) atoms. The molecule has 1 atom stereocenters. The van der Waals surface area contributed by atoms with E-state index in [0.29, 0.717) is 5.84 Å². The number of hydrogen-bond acceptors (Lipinski definition) is 4. The number of benzene rings is 8. The average molecular weight is 746 g/mol. The van der Waals surface area contributed by atoms with Gasteiger partial charge in [0.15, 0.2) is 5.84 Å². The Morgan fingerprint density at radius 3 is 1.91 bits per heavy atom. The summed E-state index contributed by atoms with van der Waals surface area (Å²) in [7, 11) is 0. The van der Waals surface area contributed by atoms with E-state index in [1.807, 2.05) is 6.07 Å². The van der Waals surface area contributed by atoms with E-state index in [9.17, 15) is 0 Å². The maximum atomic E-state index is 6.65. The molecule has 4 nitrogen and oxygen atoms in total. The first kappa shape index (κ1) is 34.0. The van der Waals surface area contributed by atoms with Gasteiger partial charge >= 0.3 is 0 Å². The van der Waals surface area contributed by atoms with Gasteiger partial charge in [-0.25, -0.2) is 9.98 Å². The summed E-state index contributed by atoms with van der Waals surface area (Å²) in [5.41, 5.74) is 16.3. The summed E-state index contributed by atoms with van der Waals surface area (Å²) in [4.78, 5) is 10.9. The van der Waals surface area contributed by atoms with Gasteiger partial charge in [0, 0.05) is 32.9 Å². The van der Waals surface area contributed by atoms with Crippen molar-refractivity contribution in [1.29, 1.82) is 0 Å². The molecule has 0 amide bonds. The second-order valence-corrected chi connectivity index (χ2v) is 15.8. The van der Waals surface area contributed by atoms with Crippen LogP contribution in [0.5, 0.6) is 0 Å². The van der Waals surface area contributed by atoms with Gasteiger partial charge in [-0.3, -0.25) is 0 Å². The van der Waals surface area contributed by atoms with Gasteiger partial charge in [0.05, 0.1) is 0 Å². The third-order valence-corrected chi connectivity index (χ3v) is 11.9. The first-order chi connectivity index (χ1) is 28.5. The van der Waals surface area contributed by atoms with Gasteiger partial charge in [0.25, 0.3) is 0 Å². The van der Waals surface area contributed by atoms with E-state index >= 15 is 0 Å². The van der Waals surface area contributed by atoms with Crippen molar-refractivity contribution in [3.63, 3.8) is 0 Å². The standard InChI is InChI=1S/C54H39N3O/c1-54(2)46-28-11-9-25-44(46)48-45(31-30-41(49(48)54)43-27-15-26-42-40-24-10-12-29-47(40)58-50(42)43)53-56-51(38-22-13-20-36(32-38)34-16-5-3-6-17-34)55-52(57-53)39-23-14-21-37(33-39)35-18-7-4-8-19-35/h3-33,51H,1-2H3,(H,55,56,57). The predicted octanol–water partition coefficient (Wildman–Crippen LogP) is 13.4. The molecule has 2 heterocycles. The van der Waals surface area contributed by atoms with Gasteiger partial charge < -0.3 is 9.73 Å². The Morgan fingerprint density at radius 1 is 0.500 bits per heavy atom. The lowest BCUT2D eigenvalue weighted by Crippen LogP contribution is -2.33. The number of fused-ring (bicyclic) bond motifs is 6. The molecule has 1 unspecified atom stereocenters. The van der Waals surface area contributed by atoms with E-state index in [-0.39, 0.29) is 11.6 Å². The molecule has 1 aliphatic carbocycles. The van der Waals surface area contributed by atoms with Crippen LogP contribution in [0, 0.1) is 0 Å². The van der Waals surface area contributed by atoms with E-state index in [1.165, 1.54) is 27.8 Å². The summed E-state index contributed by atoms with van der Waals surface area (Å²) in [5, 5.41) is 6.01. The van der Waals surface area contributed by atoms with Crippen LogP contribution >= 0.6 is 0 Å². The molecule has 4 heteroatoms. The molecule has 276 valence electrons. The van der Waals surface area contributed by atoms with Crippen molar-refractivity contribution in [2.24, 2.45) is 9.98 Å². The molecular weight excluding hydrogens is 707 g/mol. The van der Waals surface area contributed by atoms with Crippen LogP contribution in [0.4, 0.5) is 0 Å². The van der Waals surface area contributed by atoms with E-state index in [0.717, 1.165) is 72.3 Å². The quantitative estimate of drug-likeness (QED) is 0.184. The first-order valence-corrected chi connectivity index (χ1v) is 19.9. The normalized spacial score (nSPS) is 15.4. The van der Waals surface area contributed by atoms with Crippen LogP contribution in [0.3, 0.4) is 0 Å². The summed E-state index contributed by atoms with van der Waals surface area (Å²) < 4.78 is 6.65. The highest BCUT2D eigenvalue weighted by Gasteiger charge is 2.40. The Bertz CT molecular complexity index is 3120. The first-order valence-electron chi connectivity index (χ1n) is 19.9. The Balaban J connectivity index is 1.13. The zero-order valence-corrected chi connectivity index (χ0v) is 32.3. The maximum absolute atomic E-state index is 6.65. The second-order valence-electron chi connectivity index (χ2n) is 15.8. The largest absolute Gasteiger partial charge is 0.455 e. The van der Waals surface area contributed by atoms with Crippen LogP contribution in [0.1, 0.15) is 47.8 Å². The molecular formula is C54H39N3O. The maximum Gasteiger partial charge on any atom is 0.160 e. The highest BCUT2D eigenvalue weighted by Crippen LogP contribution is 2.54. The minimum atomic E-state index is -0.379. The van der Waals surface area contributed by atoms with Crippen molar-refractivity contribution in [2.45, 2.75) is 25.4 Å². The number of hydrogen-bond donors (Lipinski definition) is 1. The molecule has 1 aromatic heterocycles. The molecule has 0 radical (unpaired) electrons. The Kier molecular flexibility index (Phi) is 7.87. The van der Waals surface area contributed by atoms with Gasteiger partial charge in [0.2, 0.25) is 0 Å². The zero-order valence-electron chi connectivity index (χ0n) is 32.3. The molecule has 0 spiro atoms. The molecule has 8 aromatic carbocycles. The second kappa shape index (κ2) is 13.4. The number of aliphatic imine (C=N–C) groups is 2. The molecule has 2 aliphatic rings. The monoisotopic (exact) mass is 745 g/mol. The third kappa shape index (κ3) is 5.52. The van der Waals surface area contributed by atoms with Crippen molar-refractivity contribution in [1.82, 2.24) is 5.32 Å². The fourth-order valence-electron chi connectivity index (χ4n) is 9.16. The van der Waals surface area contributed by atoms with Crippen molar-refractivity contribution in [3.8, 4) is 44.5 Å². The van der Waals surface area contributed by atoms with Crippen molar-refractivity contribution >= 4 is 33.6 Å². The number of para-hydroxylation sites is 2. The molecule has 0 bridgehead atoms. The lowest BCUT2D eigenvalue weighted by atomic mass is 9.78. The van der Waals surface area contributed by atoms with E-state index in [4.69, 9.17) is 14.4 Å². The smallest absolute Gasteiger partial charge is 0.160 e. The van der Waals surface area contributed by atoms with Gasteiger partial charge in [-0.15, -0.1) is 0 Å². The van der Waals surface area contributed by atoms with Gasteiger partial charge in [-0.1, -0.05) is 178 Å². The number of amidine groups is 2. The lowest BCUT2D eigenvalue weighted by molar-refractivity contribution is 0.659. The van der Waals surface area contributed by atoms with E-state index in [1.54, 1.807) is 0 Å². The molecule has 1 aliphatic heterocycles. The van der Waals surface area contributed by atoms with E-state index in [2.05, 4.69) is 201 Å². The molecule has 11 rings (SSSR count). The fourth-order valence-corrected chi connectivity index (χ4v) is 9.16. The number of nitrogens with zero attached hydrogens (tertiary/aromatic N) is 2. The van der Waals surface area contributed by atoms with Crippen molar-refractivity contribution < 1.29 is 4.42 Å². The van der Waals surface area contributed by atoms with Gasteiger partial charge in [-0.2, -0.15) is 0 Å². The van der Waals surface area contributed by atoms with Gasteiger partial charge in [-0.05, 0) is 79.9 Å². The number of nitrogens with one attached hydrogen (secondary N) is 1. The van der Waals surface area contributed by atoms with Crippen molar-refractivity contribution in [3.05, 3.63) is 216 Å². The van der Waals surface area contributed by atoms with Crippen LogP contribution in [0.15, 0.2) is 202 Å².